The summed E-state index contributed by atoms with van der Waals surface area (Å²) in [7, 11) is 2.38. The molecule has 5 aliphatic rings. The van der Waals surface area contributed by atoms with Crippen LogP contribution < -0.4 is 16.0 Å². The first kappa shape index (κ1) is 109. The van der Waals surface area contributed by atoms with Gasteiger partial charge in [0.05, 0.1) is 53.6 Å². The Balaban J connectivity index is -0.00000131. The van der Waals surface area contributed by atoms with Crippen LogP contribution in [-0.2, 0) is 111 Å². The number of ketones is 4. The molecule has 6 atom stereocenters. The second-order valence-corrected chi connectivity index (χ2v) is 28.3. The third-order valence-corrected chi connectivity index (χ3v) is 16.1. The predicted octanol–water partition coefficient (Wildman–Crippen LogP) is 10.0. The van der Waals surface area contributed by atoms with Crippen LogP contribution in [0.4, 0.5) is 19.2 Å². The number of ether oxygens (including phenoxy) is 8. The molecule has 115 heavy (non-hydrogen) atoms. The second-order valence-electron chi connectivity index (χ2n) is 27.7. The Hall–Kier alpha value is -9.93. The van der Waals surface area contributed by atoms with Gasteiger partial charge in [0, 0.05) is 44.2 Å². The van der Waals surface area contributed by atoms with E-state index < -0.39 is 102 Å². The van der Waals surface area contributed by atoms with Gasteiger partial charge in [-0.05, 0) is 88.5 Å². The van der Waals surface area contributed by atoms with Crippen LogP contribution in [0.2, 0.25) is 0 Å². The number of esters is 3. The van der Waals surface area contributed by atoms with E-state index in [0.29, 0.717) is 0 Å². The van der Waals surface area contributed by atoms with Gasteiger partial charge in [-0.1, -0.05) is 187 Å². The van der Waals surface area contributed by atoms with Crippen molar-refractivity contribution in [1.29, 1.82) is 0 Å². The minimum atomic E-state index is -1.18. The lowest BCUT2D eigenvalue weighted by Crippen LogP contribution is -2.54. The SMILES string of the molecule is BrCc1ccccc1.C.C.C.C1CCOC1.CC(C)(C)OC(=O)N1CC(=O)C[C@H]1C(=O)O.CC(C)(C)OC(=O)N1CC(=O)C[C@H]1C(=O)OCc1ccccc1.COC(=O)N[C@H](C(=O)N1CC(=O)C[C@H]1C(=O)OCc1ccccc1)C(C)C.COC(=O)N[C@H](C(=O)O)C(C)C.Cl.O=C1CN[C@H](C(=O)OCc2ccccc2)C1.OCCO. The van der Waals surface area contributed by atoms with E-state index in [4.69, 9.17) is 48.8 Å². The summed E-state index contributed by atoms with van der Waals surface area (Å²) in [5, 5.41) is 41.1. The van der Waals surface area contributed by atoms with E-state index in [1.807, 2.05) is 109 Å². The average molecular weight is 1710 g/mol. The van der Waals surface area contributed by atoms with Crippen LogP contribution in [0, 0.1) is 11.8 Å². The number of halogens is 2. The number of carboxylic acid groups (broad SMARTS) is 2. The molecular formula is C81H120BrClN6O26. The summed E-state index contributed by atoms with van der Waals surface area (Å²) >= 11 is 3.36. The number of nitrogens with zero attached hydrogens (tertiary/aromatic N) is 3. The van der Waals surface area contributed by atoms with Gasteiger partial charge in [0.2, 0.25) is 5.91 Å². The van der Waals surface area contributed by atoms with Gasteiger partial charge >= 0.3 is 54.2 Å². The Kier molecular flexibility index (Phi) is 55.1. The number of amides is 5. The van der Waals surface area contributed by atoms with Crippen LogP contribution >= 0.6 is 28.3 Å². The van der Waals surface area contributed by atoms with E-state index in [1.54, 1.807) is 69.2 Å². The molecule has 4 aromatic rings. The van der Waals surface area contributed by atoms with Crippen LogP contribution in [0.25, 0.3) is 0 Å². The number of aliphatic carboxylic acids is 2. The highest BCUT2D eigenvalue weighted by molar-refractivity contribution is 9.08. The minimum absolute atomic E-state index is 0. The number of alkyl halides is 1. The number of aliphatic hydroxyl groups is 2. The van der Waals surface area contributed by atoms with Crippen molar-refractivity contribution in [3.8, 4) is 0 Å². The molecule has 0 aliphatic carbocycles. The van der Waals surface area contributed by atoms with E-state index in [1.165, 1.54) is 37.5 Å². The quantitative estimate of drug-likeness (QED) is 0.0276. The standard InChI is InChI=1S/C19H24N2O6.C17H21NO5.C12H13NO3.C10H15NO5.C7H7Br.C7H13NO4.C4H8O.C2H6O2.3CH4.ClH/c1-12(2)16(20-19(25)26-3)17(23)21-10-14(22)9-15(21)18(24)27-11-13-7-5-4-6-8-13;1-17(2,3)23-16(21)18-10-13(19)9-14(18)15(20)22-11-12-7-5-4-6-8-12;14-10-6-11(13-7-10)12(15)16-8-9-4-2-1-3-5-9;1-10(2,3)16-9(15)11-5-6(12)4-7(11)8(13)14;8-6-7-4-2-1-3-5-7;1-4(2)5(6(9)10)8-7(11)12-3;1-2-4-5-3-1;3-1-2-4;;;;/h4-8,12,15-16H,9-11H2,1-3H3,(H,20,25);4-8,14H,9-11H2,1-3H3;1-5,11,13H,6-8H2;7H,4-5H2,1-3H3,(H,13,14);1-5H,6H2;4-5H,1-3H3,(H,8,11)(H,9,10);1-4H2;3-4H,1-2H2;3*1H4;1H/t15-,16-;14-;11-;7-;;5-;;;;;;/m0000.0....../s1. The highest BCUT2D eigenvalue weighted by atomic mass is 79.9. The second kappa shape index (κ2) is 58.0. The van der Waals surface area contributed by atoms with E-state index in [0.717, 1.165) is 45.0 Å². The predicted molar refractivity (Wildman–Crippen MR) is 432 cm³/mol. The van der Waals surface area contributed by atoms with Crippen LogP contribution in [0.5, 0.6) is 0 Å². The zero-order valence-electron chi connectivity index (χ0n) is 65.3. The number of rotatable bonds is 18. The largest absolute Gasteiger partial charge is 0.480 e. The summed E-state index contributed by atoms with van der Waals surface area (Å²) in [4.78, 5) is 165. The van der Waals surface area contributed by atoms with Crippen molar-refractivity contribution in [3.05, 3.63) is 144 Å². The van der Waals surface area contributed by atoms with Crippen LogP contribution in [-0.4, -0.2) is 233 Å². The average Bonchev–Trinajstić information content (AvgIpc) is 1.70. The topological polar surface area (TPSA) is 440 Å². The lowest BCUT2D eigenvalue weighted by atomic mass is 10.0. The molecule has 644 valence electrons. The fourth-order valence-corrected chi connectivity index (χ4v) is 10.3. The highest BCUT2D eigenvalue weighted by Gasteiger charge is 2.45. The molecule has 0 aromatic heterocycles. The first-order valence-electron chi connectivity index (χ1n) is 35.6. The maximum absolute atomic E-state index is 12.9. The lowest BCUT2D eigenvalue weighted by molar-refractivity contribution is -0.155. The molecule has 32 nitrogen and oxygen atoms in total. The maximum atomic E-state index is 12.9. The molecule has 4 aromatic carbocycles. The molecule has 0 unspecified atom stereocenters. The summed E-state index contributed by atoms with van der Waals surface area (Å²) < 4.78 is 39.6. The Morgan fingerprint density at radius 3 is 1.11 bits per heavy atom. The maximum Gasteiger partial charge on any atom is 0.411 e. The zero-order valence-corrected chi connectivity index (χ0v) is 67.7. The number of carboxylic acids is 2. The van der Waals surface area contributed by atoms with Crippen LogP contribution in [0.1, 0.15) is 152 Å². The van der Waals surface area contributed by atoms with Gasteiger partial charge in [-0.3, -0.25) is 43.9 Å². The van der Waals surface area contributed by atoms with Crippen LogP contribution in [0.15, 0.2) is 121 Å². The number of likely N-dealkylation sites (tertiary alicyclic amines) is 3. The zero-order chi connectivity index (χ0) is 83.4. The molecule has 5 amide bonds. The first-order chi connectivity index (χ1) is 52.4. The number of benzene rings is 4. The fourth-order valence-electron chi connectivity index (χ4n) is 9.88. The lowest BCUT2D eigenvalue weighted by Gasteiger charge is -2.29. The first-order valence-corrected chi connectivity index (χ1v) is 36.8. The number of hydrogen-bond acceptors (Lipinski definition) is 25. The van der Waals surface area contributed by atoms with Crippen molar-refractivity contribution >= 4 is 112 Å². The van der Waals surface area contributed by atoms with Gasteiger partial charge in [0.15, 0.2) is 17.3 Å². The summed E-state index contributed by atoms with van der Waals surface area (Å²) in [6.07, 6.45) is -0.389. The molecule has 34 heteroatoms. The number of carbonyl (C=O) groups excluding carboxylic acids is 12. The van der Waals surface area contributed by atoms with E-state index in [2.05, 4.69) is 53.5 Å². The number of methoxy groups -OCH3 is 2. The van der Waals surface area contributed by atoms with E-state index >= 15 is 0 Å². The van der Waals surface area contributed by atoms with Crippen molar-refractivity contribution in [2.75, 3.05) is 66.8 Å². The minimum Gasteiger partial charge on any atom is -0.480 e. The van der Waals surface area contributed by atoms with E-state index in [9.17, 15) is 67.1 Å². The number of carbonyl (C=O) groups is 14. The van der Waals surface area contributed by atoms with Gasteiger partial charge in [-0.2, -0.15) is 0 Å². The summed E-state index contributed by atoms with van der Waals surface area (Å²) in [6, 6.07) is 32.8. The molecule has 5 aliphatic heterocycles. The van der Waals surface area contributed by atoms with Crippen molar-refractivity contribution in [2.45, 2.75) is 203 Å². The van der Waals surface area contributed by atoms with Crippen molar-refractivity contribution < 1.29 is 125 Å². The smallest absolute Gasteiger partial charge is 0.411 e. The molecule has 9 rings (SSSR count). The molecular weight excluding hydrogens is 1590 g/mol. The fraction of sp³-hybridized carbons (Fsp3) is 0.531. The summed E-state index contributed by atoms with van der Waals surface area (Å²) in [5.41, 5.74) is 2.52. The van der Waals surface area contributed by atoms with Gasteiger partial charge in [-0.15, -0.1) is 12.4 Å². The van der Waals surface area contributed by atoms with Crippen molar-refractivity contribution in [3.63, 3.8) is 0 Å². The molecule has 0 radical (unpaired) electrons. The van der Waals surface area contributed by atoms with E-state index in [-0.39, 0.29) is 161 Å². The monoisotopic (exact) mass is 1710 g/mol. The van der Waals surface area contributed by atoms with Gasteiger partial charge in [-0.25, -0.2) is 38.4 Å². The number of hydrogen-bond donors (Lipinski definition) is 7. The number of aliphatic hydroxyl groups excluding tert-OH is 2. The highest BCUT2D eigenvalue weighted by Crippen LogP contribution is 2.24. The van der Waals surface area contributed by atoms with Gasteiger partial charge in [0.25, 0.3) is 0 Å². The molecule has 5 heterocycles. The normalized spacial score (nSPS) is 16.6. The third-order valence-electron chi connectivity index (χ3n) is 15.4. The number of nitrogens with one attached hydrogen (secondary N) is 3. The Morgan fingerprint density at radius 2 is 0.826 bits per heavy atom. The molecule has 0 bridgehead atoms. The van der Waals surface area contributed by atoms with Gasteiger partial charge < -0.3 is 73.9 Å². The summed E-state index contributed by atoms with van der Waals surface area (Å²) in [5.74, 6) is -5.38. The third kappa shape index (κ3) is 44.5. The van der Waals surface area contributed by atoms with Gasteiger partial charge in [0.1, 0.15) is 73.1 Å². The Bertz CT molecular complexity index is 3590. The molecule has 5 fully saturated rings. The van der Waals surface area contributed by atoms with Crippen LogP contribution in [0.3, 0.4) is 0 Å². The number of alkyl carbamates (subject to hydrolysis) is 2. The van der Waals surface area contributed by atoms with Crippen molar-refractivity contribution in [1.82, 2.24) is 30.7 Å². The van der Waals surface area contributed by atoms with Crippen molar-refractivity contribution in [2.24, 2.45) is 11.8 Å². The molecule has 7 N–H and O–H groups in total. The molecule has 0 spiro atoms. The molecule has 0 saturated carbocycles. The Morgan fingerprint density at radius 1 is 0.496 bits per heavy atom. The number of Topliss-reactive ketones (excluding diaryl/α,β-unsaturated/α-hetero) is 4. The molecule has 5 saturated heterocycles. The Labute approximate surface area is 689 Å². The summed E-state index contributed by atoms with van der Waals surface area (Å²) in [6.45, 7) is 19.1.